The Hall–Kier alpha value is -3.48. The van der Waals surface area contributed by atoms with E-state index < -0.39 is 0 Å². The van der Waals surface area contributed by atoms with Crippen LogP contribution in [0.15, 0.2) is 48.7 Å². The predicted molar refractivity (Wildman–Crippen MR) is 112 cm³/mol. The molecule has 0 atom stereocenters. The highest BCUT2D eigenvalue weighted by atomic mass is 16.1. The first-order valence-corrected chi connectivity index (χ1v) is 9.31. The molecule has 0 spiro atoms. The van der Waals surface area contributed by atoms with Crippen LogP contribution in [0.25, 0.3) is 0 Å². The van der Waals surface area contributed by atoms with E-state index in [-0.39, 0.29) is 5.91 Å². The Morgan fingerprint density at radius 1 is 0.964 bits per heavy atom. The number of hydrogen-bond acceptors (Lipinski definition) is 6. The second kappa shape index (κ2) is 8.94. The lowest BCUT2D eigenvalue weighted by Crippen LogP contribution is -2.07. The van der Waals surface area contributed by atoms with Gasteiger partial charge in [-0.05, 0) is 42.2 Å². The SMILES string of the molecule is CCc1cccc(CC)c1Nc1cnnc(Nc2cccc(NC(C)=O)c2)n1. The lowest BCUT2D eigenvalue weighted by molar-refractivity contribution is -0.114. The molecule has 0 aliphatic carbocycles. The summed E-state index contributed by atoms with van der Waals surface area (Å²) in [7, 11) is 0. The first-order chi connectivity index (χ1) is 13.6. The van der Waals surface area contributed by atoms with Crippen LogP contribution in [0.2, 0.25) is 0 Å². The van der Waals surface area contributed by atoms with Gasteiger partial charge in [0.1, 0.15) is 0 Å². The molecule has 0 bridgehead atoms. The summed E-state index contributed by atoms with van der Waals surface area (Å²) in [4.78, 5) is 15.8. The Balaban J connectivity index is 1.81. The summed E-state index contributed by atoms with van der Waals surface area (Å²) in [5.74, 6) is 0.866. The Bertz CT molecular complexity index is 950. The summed E-state index contributed by atoms with van der Waals surface area (Å²) in [6.07, 6.45) is 3.45. The van der Waals surface area contributed by atoms with Crippen LogP contribution in [0.5, 0.6) is 0 Å². The van der Waals surface area contributed by atoms with Gasteiger partial charge in [0.2, 0.25) is 11.9 Å². The van der Waals surface area contributed by atoms with Crippen LogP contribution in [0, 0.1) is 0 Å². The maximum absolute atomic E-state index is 11.2. The van der Waals surface area contributed by atoms with Crippen molar-refractivity contribution in [1.29, 1.82) is 0 Å². The van der Waals surface area contributed by atoms with Gasteiger partial charge in [-0.25, -0.2) is 0 Å². The van der Waals surface area contributed by atoms with Gasteiger partial charge in [-0.15, -0.1) is 5.10 Å². The Morgan fingerprint density at radius 2 is 1.64 bits per heavy atom. The summed E-state index contributed by atoms with van der Waals surface area (Å²) in [6, 6.07) is 13.6. The van der Waals surface area contributed by atoms with Crippen molar-refractivity contribution in [3.05, 3.63) is 59.8 Å². The Kier molecular flexibility index (Phi) is 6.16. The fraction of sp³-hybridized carbons (Fsp3) is 0.238. The number of nitrogens with one attached hydrogen (secondary N) is 3. The number of aryl methyl sites for hydroxylation is 2. The maximum Gasteiger partial charge on any atom is 0.249 e. The van der Waals surface area contributed by atoms with E-state index in [1.807, 2.05) is 24.3 Å². The van der Waals surface area contributed by atoms with E-state index in [9.17, 15) is 4.79 Å². The van der Waals surface area contributed by atoms with Crippen molar-refractivity contribution in [1.82, 2.24) is 15.2 Å². The monoisotopic (exact) mass is 376 g/mol. The number of rotatable bonds is 7. The first kappa shape index (κ1) is 19.3. The minimum Gasteiger partial charge on any atom is -0.338 e. The fourth-order valence-corrected chi connectivity index (χ4v) is 2.96. The number of nitrogens with zero attached hydrogens (tertiary/aromatic N) is 3. The molecule has 2 aromatic carbocycles. The number of amides is 1. The zero-order valence-corrected chi connectivity index (χ0v) is 16.3. The number of benzene rings is 2. The molecule has 0 radical (unpaired) electrons. The molecule has 3 aromatic rings. The van der Waals surface area contributed by atoms with Crippen LogP contribution < -0.4 is 16.0 Å². The lowest BCUT2D eigenvalue weighted by Gasteiger charge is -2.15. The molecule has 3 rings (SSSR count). The highest BCUT2D eigenvalue weighted by Gasteiger charge is 2.09. The van der Waals surface area contributed by atoms with Gasteiger partial charge in [0.15, 0.2) is 5.82 Å². The number of carbonyl (C=O) groups is 1. The van der Waals surface area contributed by atoms with Crippen molar-refractivity contribution >= 4 is 34.7 Å². The summed E-state index contributed by atoms with van der Waals surface area (Å²) >= 11 is 0. The first-order valence-electron chi connectivity index (χ1n) is 9.31. The number of aromatic nitrogens is 3. The summed E-state index contributed by atoms with van der Waals surface area (Å²) in [5.41, 5.74) is 5.00. The standard InChI is InChI=1S/C21H24N6O/c1-4-15-8-6-9-16(5-2)20(15)25-19-13-22-27-21(26-19)24-18-11-7-10-17(12-18)23-14(3)28/h6-13H,4-5H2,1-3H3,(H,23,28)(H2,24,25,26,27). The molecule has 7 nitrogen and oxygen atoms in total. The third kappa shape index (κ3) is 4.82. The molecule has 0 unspecified atom stereocenters. The lowest BCUT2D eigenvalue weighted by atomic mass is 10.0. The van der Waals surface area contributed by atoms with E-state index >= 15 is 0 Å². The van der Waals surface area contributed by atoms with E-state index in [2.05, 4.69) is 63.2 Å². The molecule has 1 amide bonds. The molecule has 28 heavy (non-hydrogen) atoms. The third-order valence-corrected chi connectivity index (χ3v) is 4.25. The fourth-order valence-electron chi connectivity index (χ4n) is 2.96. The van der Waals surface area contributed by atoms with Crippen LogP contribution in [-0.4, -0.2) is 21.1 Å². The average Bonchev–Trinajstić information content (AvgIpc) is 2.68. The molecular formula is C21H24N6O. The molecular weight excluding hydrogens is 352 g/mol. The smallest absolute Gasteiger partial charge is 0.249 e. The number of hydrogen-bond donors (Lipinski definition) is 3. The Morgan fingerprint density at radius 3 is 2.32 bits per heavy atom. The zero-order valence-electron chi connectivity index (χ0n) is 16.3. The topological polar surface area (TPSA) is 91.8 Å². The van der Waals surface area contributed by atoms with E-state index in [0.29, 0.717) is 17.5 Å². The maximum atomic E-state index is 11.2. The zero-order chi connectivity index (χ0) is 19.9. The van der Waals surface area contributed by atoms with Crippen molar-refractivity contribution in [3.63, 3.8) is 0 Å². The van der Waals surface area contributed by atoms with Gasteiger partial charge in [-0.1, -0.05) is 38.1 Å². The second-order valence-corrected chi connectivity index (χ2v) is 6.34. The van der Waals surface area contributed by atoms with Gasteiger partial charge in [0.05, 0.1) is 6.20 Å². The van der Waals surface area contributed by atoms with Crippen LogP contribution >= 0.6 is 0 Å². The van der Waals surface area contributed by atoms with Gasteiger partial charge in [-0.3, -0.25) is 4.79 Å². The number of carbonyl (C=O) groups excluding carboxylic acids is 1. The van der Waals surface area contributed by atoms with E-state index in [1.165, 1.54) is 18.1 Å². The quantitative estimate of drug-likeness (QED) is 0.564. The van der Waals surface area contributed by atoms with Gasteiger partial charge in [-0.2, -0.15) is 10.1 Å². The molecule has 0 aliphatic rings. The van der Waals surface area contributed by atoms with Crippen molar-refractivity contribution in [2.24, 2.45) is 0 Å². The number of anilines is 5. The largest absolute Gasteiger partial charge is 0.338 e. The molecule has 1 heterocycles. The van der Waals surface area contributed by atoms with E-state index in [1.54, 1.807) is 6.20 Å². The molecule has 144 valence electrons. The van der Waals surface area contributed by atoms with Crippen molar-refractivity contribution in [2.75, 3.05) is 16.0 Å². The molecule has 0 fully saturated rings. The van der Waals surface area contributed by atoms with Gasteiger partial charge < -0.3 is 16.0 Å². The van der Waals surface area contributed by atoms with Crippen molar-refractivity contribution in [3.8, 4) is 0 Å². The summed E-state index contributed by atoms with van der Waals surface area (Å²) in [6.45, 7) is 5.74. The molecule has 0 aliphatic heterocycles. The van der Waals surface area contributed by atoms with E-state index in [4.69, 9.17) is 0 Å². The summed E-state index contributed by atoms with van der Waals surface area (Å²) in [5, 5.41) is 17.4. The minimum atomic E-state index is -0.123. The second-order valence-electron chi connectivity index (χ2n) is 6.34. The van der Waals surface area contributed by atoms with E-state index in [0.717, 1.165) is 24.2 Å². The minimum absolute atomic E-state index is 0.123. The van der Waals surface area contributed by atoms with Crippen LogP contribution in [0.4, 0.5) is 28.8 Å². The highest BCUT2D eigenvalue weighted by Crippen LogP contribution is 2.26. The normalized spacial score (nSPS) is 10.4. The highest BCUT2D eigenvalue weighted by molar-refractivity contribution is 5.89. The van der Waals surface area contributed by atoms with Gasteiger partial charge >= 0.3 is 0 Å². The molecule has 7 heteroatoms. The van der Waals surface area contributed by atoms with Crippen LogP contribution in [0.3, 0.4) is 0 Å². The van der Waals surface area contributed by atoms with Crippen LogP contribution in [0.1, 0.15) is 31.9 Å². The van der Waals surface area contributed by atoms with Crippen LogP contribution in [-0.2, 0) is 17.6 Å². The van der Waals surface area contributed by atoms with Gasteiger partial charge in [0, 0.05) is 24.0 Å². The van der Waals surface area contributed by atoms with Crippen molar-refractivity contribution < 1.29 is 4.79 Å². The molecule has 3 N–H and O–H groups in total. The summed E-state index contributed by atoms with van der Waals surface area (Å²) < 4.78 is 0. The molecule has 0 saturated carbocycles. The predicted octanol–water partition coefficient (Wildman–Crippen LogP) is 4.44. The molecule has 1 aromatic heterocycles. The van der Waals surface area contributed by atoms with Crippen molar-refractivity contribution in [2.45, 2.75) is 33.6 Å². The number of para-hydroxylation sites is 1. The average molecular weight is 376 g/mol. The van der Waals surface area contributed by atoms with Gasteiger partial charge in [0.25, 0.3) is 0 Å². The Labute approximate surface area is 164 Å². The molecule has 0 saturated heterocycles. The third-order valence-electron chi connectivity index (χ3n) is 4.25.